The first kappa shape index (κ1) is 15.3. The number of benzene rings is 2. The number of ether oxygens (including phenoxy) is 2. The maximum atomic E-state index is 6.20. The fourth-order valence-corrected chi connectivity index (χ4v) is 4.41. The predicted octanol–water partition coefficient (Wildman–Crippen LogP) is 3.47. The third-order valence-corrected chi connectivity index (χ3v) is 5.81. The van der Waals surface area contributed by atoms with E-state index in [4.69, 9.17) is 20.3 Å². The van der Waals surface area contributed by atoms with Crippen LogP contribution in [-0.2, 0) is 5.41 Å². The summed E-state index contributed by atoms with van der Waals surface area (Å²) in [5.74, 6) is 1.84. The first-order valence-corrected chi connectivity index (χ1v) is 8.90. The van der Waals surface area contributed by atoms with E-state index in [1.54, 1.807) is 0 Å². The molecule has 2 N–H and O–H groups in total. The van der Waals surface area contributed by atoms with Crippen LogP contribution in [0, 0.1) is 12.8 Å². The molecule has 2 aliphatic rings. The molecule has 3 aromatic rings. The Labute approximate surface area is 152 Å². The van der Waals surface area contributed by atoms with E-state index in [1.165, 1.54) is 0 Å². The summed E-state index contributed by atoms with van der Waals surface area (Å²) in [6.45, 7) is 5.50. The maximum absolute atomic E-state index is 6.20. The summed E-state index contributed by atoms with van der Waals surface area (Å²) in [7, 11) is 0. The fraction of sp³-hybridized carbons (Fsp3) is 0.286. The minimum atomic E-state index is -0.242. The van der Waals surface area contributed by atoms with E-state index in [-0.39, 0.29) is 11.3 Å². The van der Waals surface area contributed by atoms with Crippen molar-refractivity contribution >= 4 is 5.69 Å². The lowest BCUT2D eigenvalue weighted by Crippen LogP contribution is -2.47. The summed E-state index contributed by atoms with van der Waals surface area (Å²) in [6.07, 6.45) is 0. The lowest BCUT2D eigenvalue weighted by molar-refractivity contribution is 0.0831. The lowest BCUT2D eigenvalue weighted by atomic mass is 9.65. The fourth-order valence-electron chi connectivity index (χ4n) is 4.41. The molecular formula is C21H21N3O2. The Bertz CT molecular complexity index is 996. The molecule has 2 atom stereocenters. The van der Waals surface area contributed by atoms with Crippen molar-refractivity contribution < 1.29 is 9.47 Å². The van der Waals surface area contributed by atoms with Gasteiger partial charge in [-0.05, 0) is 25.1 Å². The van der Waals surface area contributed by atoms with Gasteiger partial charge in [0.2, 0.25) is 5.88 Å². The molecule has 132 valence electrons. The van der Waals surface area contributed by atoms with Crippen molar-refractivity contribution in [3.63, 3.8) is 0 Å². The Morgan fingerprint density at radius 2 is 1.85 bits per heavy atom. The number of hydrogen-bond acceptors (Lipinski definition) is 4. The molecule has 0 aliphatic carbocycles. The number of aryl methyl sites for hydroxylation is 1. The van der Waals surface area contributed by atoms with Gasteiger partial charge in [-0.15, -0.1) is 0 Å². The highest BCUT2D eigenvalue weighted by atomic mass is 16.5. The average molecular weight is 347 g/mol. The lowest BCUT2D eigenvalue weighted by Gasteiger charge is -2.45. The van der Waals surface area contributed by atoms with Gasteiger partial charge in [-0.1, -0.05) is 37.3 Å². The van der Waals surface area contributed by atoms with Crippen LogP contribution in [-0.4, -0.2) is 23.0 Å². The standard InChI is InChI=1S/C21H21N3O2/c1-13-18-20(24(23-13)15-7-4-3-5-8-15)26-12-14-11-25-19-16(21(14,18)2)9-6-10-17(19)22/h3-10,14H,11-12,22H2,1-2H3/t14-,21+/m1/s1. The quantitative estimate of drug-likeness (QED) is 0.685. The zero-order chi connectivity index (χ0) is 17.9. The normalized spacial score (nSPS) is 23.2. The van der Waals surface area contributed by atoms with Gasteiger partial charge in [0.15, 0.2) is 0 Å². The molecule has 26 heavy (non-hydrogen) atoms. The Morgan fingerprint density at radius 3 is 2.65 bits per heavy atom. The molecule has 5 rings (SSSR count). The van der Waals surface area contributed by atoms with Crippen molar-refractivity contribution in [2.45, 2.75) is 19.3 Å². The van der Waals surface area contributed by atoms with Crippen LogP contribution >= 0.6 is 0 Å². The van der Waals surface area contributed by atoms with Crippen LogP contribution in [0.25, 0.3) is 5.69 Å². The maximum Gasteiger partial charge on any atom is 0.221 e. The molecule has 1 aromatic heterocycles. The van der Waals surface area contributed by atoms with Gasteiger partial charge in [0.1, 0.15) is 5.75 Å². The zero-order valence-electron chi connectivity index (χ0n) is 14.9. The van der Waals surface area contributed by atoms with Crippen LogP contribution in [0.4, 0.5) is 5.69 Å². The first-order valence-electron chi connectivity index (χ1n) is 8.90. The second kappa shape index (κ2) is 5.27. The highest BCUT2D eigenvalue weighted by Gasteiger charge is 2.50. The predicted molar refractivity (Wildman–Crippen MR) is 100 cm³/mol. The van der Waals surface area contributed by atoms with Crippen LogP contribution in [0.2, 0.25) is 0 Å². The van der Waals surface area contributed by atoms with Crippen LogP contribution in [0.15, 0.2) is 48.5 Å². The Morgan fingerprint density at radius 1 is 1.08 bits per heavy atom. The van der Waals surface area contributed by atoms with Crippen molar-refractivity contribution in [1.29, 1.82) is 0 Å². The number of fused-ring (bicyclic) bond motifs is 5. The van der Waals surface area contributed by atoms with Crippen LogP contribution in [0.3, 0.4) is 0 Å². The van der Waals surface area contributed by atoms with Crippen molar-refractivity contribution in [3.05, 3.63) is 65.4 Å². The van der Waals surface area contributed by atoms with E-state index in [0.29, 0.717) is 18.9 Å². The summed E-state index contributed by atoms with van der Waals surface area (Å²) in [5.41, 5.74) is 10.9. The van der Waals surface area contributed by atoms with E-state index >= 15 is 0 Å². The van der Waals surface area contributed by atoms with Gasteiger partial charge < -0.3 is 15.2 Å². The number of hydrogen-bond donors (Lipinski definition) is 1. The topological polar surface area (TPSA) is 62.3 Å². The summed E-state index contributed by atoms with van der Waals surface area (Å²) >= 11 is 0. The number of para-hydroxylation sites is 2. The van der Waals surface area contributed by atoms with Crippen molar-refractivity contribution in [2.24, 2.45) is 5.92 Å². The van der Waals surface area contributed by atoms with Gasteiger partial charge in [-0.2, -0.15) is 5.10 Å². The molecule has 3 heterocycles. The molecule has 0 radical (unpaired) electrons. The summed E-state index contributed by atoms with van der Waals surface area (Å²) in [6, 6.07) is 16.1. The molecule has 0 saturated heterocycles. The molecule has 0 unspecified atom stereocenters. The van der Waals surface area contributed by atoms with Gasteiger partial charge >= 0.3 is 0 Å². The smallest absolute Gasteiger partial charge is 0.221 e. The van der Waals surface area contributed by atoms with Gasteiger partial charge in [-0.25, -0.2) is 4.68 Å². The molecule has 0 spiro atoms. The average Bonchev–Trinajstić information content (AvgIpc) is 3.00. The summed E-state index contributed by atoms with van der Waals surface area (Å²) in [4.78, 5) is 0. The molecule has 2 aliphatic heterocycles. The summed E-state index contributed by atoms with van der Waals surface area (Å²) in [5, 5.41) is 4.81. The molecule has 5 nitrogen and oxygen atoms in total. The second-order valence-corrected chi connectivity index (χ2v) is 7.26. The SMILES string of the molecule is Cc1nn(-c2ccccc2)c2c1[C@]1(C)c3cccc(N)c3OC[C@@H]1CO2. The number of nitrogens with zero attached hydrogens (tertiary/aromatic N) is 2. The van der Waals surface area contributed by atoms with Gasteiger partial charge in [0.05, 0.1) is 30.3 Å². The first-order chi connectivity index (χ1) is 12.6. The van der Waals surface area contributed by atoms with E-state index < -0.39 is 0 Å². The highest BCUT2D eigenvalue weighted by molar-refractivity contribution is 5.64. The molecule has 0 bridgehead atoms. The molecule has 2 aromatic carbocycles. The Balaban J connectivity index is 1.77. The van der Waals surface area contributed by atoms with Gasteiger partial charge in [-0.3, -0.25) is 0 Å². The third-order valence-electron chi connectivity index (χ3n) is 5.81. The number of anilines is 1. The minimum absolute atomic E-state index is 0.219. The Hall–Kier alpha value is -2.95. The molecule has 0 saturated carbocycles. The molecule has 0 amide bonds. The van der Waals surface area contributed by atoms with Crippen LogP contribution in [0.5, 0.6) is 11.6 Å². The van der Waals surface area contributed by atoms with Crippen molar-refractivity contribution in [1.82, 2.24) is 9.78 Å². The Kier molecular flexibility index (Phi) is 3.11. The van der Waals surface area contributed by atoms with Gasteiger partial charge in [0, 0.05) is 22.5 Å². The van der Waals surface area contributed by atoms with Crippen molar-refractivity contribution in [3.8, 4) is 17.3 Å². The largest absolute Gasteiger partial charge is 0.491 e. The molecule has 5 heteroatoms. The van der Waals surface area contributed by atoms with E-state index in [1.807, 2.05) is 47.1 Å². The number of nitrogen functional groups attached to an aromatic ring is 1. The van der Waals surface area contributed by atoms with E-state index in [2.05, 4.69) is 19.9 Å². The van der Waals surface area contributed by atoms with Gasteiger partial charge in [0.25, 0.3) is 0 Å². The number of aromatic nitrogens is 2. The minimum Gasteiger partial charge on any atom is -0.491 e. The monoisotopic (exact) mass is 347 g/mol. The molecule has 0 fully saturated rings. The van der Waals surface area contributed by atoms with Crippen LogP contribution < -0.4 is 15.2 Å². The number of nitrogens with two attached hydrogens (primary N) is 1. The number of rotatable bonds is 1. The van der Waals surface area contributed by atoms with Crippen LogP contribution in [0.1, 0.15) is 23.7 Å². The second-order valence-electron chi connectivity index (χ2n) is 7.26. The van der Waals surface area contributed by atoms with E-state index in [0.717, 1.165) is 34.1 Å². The highest BCUT2D eigenvalue weighted by Crippen LogP contribution is 2.54. The third kappa shape index (κ3) is 1.88. The van der Waals surface area contributed by atoms with Crippen molar-refractivity contribution in [2.75, 3.05) is 18.9 Å². The molecular weight excluding hydrogens is 326 g/mol. The summed E-state index contributed by atoms with van der Waals surface area (Å²) < 4.78 is 14.1. The van der Waals surface area contributed by atoms with E-state index in [9.17, 15) is 0 Å². The zero-order valence-corrected chi connectivity index (χ0v) is 14.9.